The SMILES string of the molecule is CNc1ccc2c(Nc3cc(C)[nH]n3)nc(NC3C[C@H]4CC[C@@H](C3)N4CCC#N)nc2c1. The predicted octanol–water partition coefficient (Wildman–Crippen LogP) is 3.77. The summed E-state index contributed by atoms with van der Waals surface area (Å²) in [4.78, 5) is 12.2. The highest BCUT2D eigenvalue weighted by Crippen LogP contribution is 2.37. The number of hydrogen-bond acceptors (Lipinski definition) is 8. The van der Waals surface area contributed by atoms with Gasteiger partial charge in [-0.05, 0) is 50.8 Å². The summed E-state index contributed by atoms with van der Waals surface area (Å²) in [5, 5.41) is 27.3. The number of aromatic amines is 1. The Bertz CT molecular complexity index is 1130. The minimum Gasteiger partial charge on any atom is -0.388 e. The number of H-pyrrole nitrogens is 1. The van der Waals surface area contributed by atoms with Crippen molar-refractivity contribution in [3.8, 4) is 6.07 Å². The third-order valence-corrected chi connectivity index (χ3v) is 6.64. The van der Waals surface area contributed by atoms with Crippen molar-refractivity contribution in [3.05, 3.63) is 30.0 Å². The Balaban J connectivity index is 1.41. The molecule has 2 aliphatic heterocycles. The maximum absolute atomic E-state index is 8.97. The summed E-state index contributed by atoms with van der Waals surface area (Å²) >= 11 is 0. The van der Waals surface area contributed by atoms with Crippen LogP contribution in [0.5, 0.6) is 0 Å². The number of nitriles is 1. The van der Waals surface area contributed by atoms with Gasteiger partial charge < -0.3 is 16.0 Å². The molecule has 0 saturated carbocycles. The Morgan fingerprint density at radius 2 is 2.00 bits per heavy atom. The van der Waals surface area contributed by atoms with Crippen LogP contribution in [0.3, 0.4) is 0 Å². The molecular formula is C23H29N9. The fraction of sp³-hybridized carbons (Fsp3) is 0.478. The normalized spacial score (nSPS) is 22.6. The molecule has 2 fully saturated rings. The lowest BCUT2D eigenvalue weighted by Gasteiger charge is -2.38. The van der Waals surface area contributed by atoms with Crippen molar-refractivity contribution in [2.45, 2.75) is 57.2 Å². The number of fused-ring (bicyclic) bond motifs is 3. The average molecular weight is 432 g/mol. The number of benzene rings is 1. The molecule has 32 heavy (non-hydrogen) atoms. The maximum atomic E-state index is 8.97. The topological polar surface area (TPSA) is 118 Å². The molecule has 2 aromatic heterocycles. The monoisotopic (exact) mass is 431 g/mol. The molecule has 0 aliphatic carbocycles. The lowest BCUT2D eigenvalue weighted by Crippen LogP contribution is -2.47. The number of piperidine rings is 1. The first-order valence-corrected chi connectivity index (χ1v) is 11.3. The first-order valence-electron chi connectivity index (χ1n) is 11.3. The minimum absolute atomic E-state index is 0.330. The molecule has 2 aliphatic rings. The Morgan fingerprint density at radius 1 is 1.19 bits per heavy atom. The highest BCUT2D eigenvalue weighted by Gasteiger charge is 2.40. The van der Waals surface area contributed by atoms with Crippen LogP contribution in [0.2, 0.25) is 0 Å². The van der Waals surface area contributed by atoms with Crippen molar-refractivity contribution < 1.29 is 0 Å². The van der Waals surface area contributed by atoms with Gasteiger partial charge in [-0.25, -0.2) is 4.98 Å². The van der Waals surface area contributed by atoms with Crippen molar-refractivity contribution >= 4 is 34.2 Å². The number of nitrogens with zero attached hydrogens (tertiary/aromatic N) is 5. The Labute approximate surface area is 187 Å². The van der Waals surface area contributed by atoms with Crippen molar-refractivity contribution in [1.82, 2.24) is 25.1 Å². The van der Waals surface area contributed by atoms with Gasteiger partial charge in [0.1, 0.15) is 5.82 Å². The van der Waals surface area contributed by atoms with Crippen LogP contribution in [0.25, 0.3) is 10.9 Å². The number of hydrogen-bond donors (Lipinski definition) is 4. The first kappa shape index (κ1) is 20.5. The Morgan fingerprint density at radius 3 is 2.69 bits per heavy atom. The van der Waals surface area contributed by atoms with E-state index >= 15 is 0 Å². The van der Waals surface area contributed by atoms with E-state index in [0.29, 0.717) is 30.5 Å². The standard InChI is InChI=1S/C23H29N9/c1-14-10-21(31-30-14)28-22-19-7-4-15(25-2)13-20(19)27-23(29-22)26-16-11-17-5-6-18(12-16)32(17)9-3-8-24/h4,7,10,13,16-18,25H,3,5-6,9,11-12H2,1-2H3,(H3,26,27,28,29,30,31)/t16?,17-,18+. The Kier molecular flexibility index (Phi) is 5.53. The van der Waals surface area contributed by atoms with E-state index in [2.05, 4.69) is 37.1 Å². The summed E-state index contributed by atoms with van der Waals surface area (Å²) in [6.07, 6.45) is 5.14. The van der Waals surface area contributed by atoms with E-state index in [1.54, 1.807) is 0 Å². The molecule has 0 amide bonds. The lowest BCUT2D eigenvalue weighted by atomic mass is 9.97. The van der Waals surface area contributed by atoms with Gasteiger partial charge in [-0.1, -0.05) is 0 Å². The van der Waals surface area contributed by atoms with E-state index < -0.39 is 0 Å². The fourth-order valence-electron chi connectivity index (χ4n) is 5.17. The highest BCUT2D eigenvalue weighted by atomic mass is 15.3. The maximum Gasteiger partial charge on any atom is 0.225 e. The zero-order valence-electron chi connectivity index (χ0n) is 18.5. The first-order chi connectivity index (χ1) is 15.6. The van der Waals surface area contributed by atoms with Crippen LogP contribution in [0.1, 0.15) is 37.8 Å². The molecule has 5 rings (SSSR count). The van der Waals surface area contributed by atoms with Gasteiger partial charge in [-0.3, -0.25) is 10.00 Å². The number of anilines is 4. The zero-order valence-corrected chi connectivity index (χ0v) is 18.5. The van der Waals surface area contributed by atoms with E-state index in [9.17, 15) is 0 Å². The van der Waals surface area contributed by atoms with Crippen LogP contribution in [0.15, 0.2) is 24.3 Å². The number of rotatable bonds is 7. The summed E-state index contributed by atoms with van der Waals surface area (Å²) < 4.78 is 0. The second kappa shape index (κ2) is 8.63. The van der Waals surface area contributed by atoms with Gasteiger partial charge in [0.15, 0.2) is 5.82 Å². The molecule has 4 N–H and O–H groups in total. The summed E-state index contributed by atoms with van der Waals surface area (Å²) in [5.74, 6) is 2.10. The van der Waals surface area contributed by atoms with Crippen molar-refractivity contribution in [2.75, 3.05) is 29.5 Å². The molecule has 3 aromatic rings. The van der Waals surface area contributed by atoms with Gasteiger partial charge in [0, 0.05) is 61.0 Å². The quantitative estimate of drug-likeness (QED) is 0.447. The second-order valence-electron chi connectivity index (χ2n) is 8.78. The Hall–Kier alpha value is -3.38. The molecular weight excluding hydrogens is 402 g/mol. The molecule has 2 saturated heterocycles. The van der Waals surface area contributed by atoms with Gasteiger partial charge in [0.05, 0.1) is 11.6 Å². The molecule has 9 heteroatoms. The number of aryl methyl sites for hydroxylation is 1. The molecule has 166 valence electrons. The van der Waals surface area contributed by atoms with Crippen LogP contribution < -0.4 is 16.0 Å². The largest absolute Gasteiger partial charge is 0.388 e. The minimum atomic E-state index is 0.330. The van der Waals surface area contributed by atoms with E-state index in [4.69, 9.17) is 15.2 Å². The van der Waals surface area contributed by atoms with Gasteiger partial charge >= 0.3 is 0 Å². The molecule has 1 aromatic carbocycles. The molecule has 2 bridgehead atoms. The van der Waals surface area contributed by atoms with Crippen LogP contribution in [-0.2, 0) is 0 Å². The summed E-state index contributed by atoms with van der Waals surface area (Å²) in [7, 11) is 1.91. The highest BCUT2D eigenvalue weighted by molar-refractivity contribution is 5.93. The van der Waals surface area contributed by atoms with Crippen LogP contribution in [0, 0.1) is 18.3 Å². The average Bonchev–Trinajstić information content (AvgIpc) is 3.30. The van der Waals surface area contributed by atoms with E-state index in [-0.39, 0.29) is 0 Å². The lowest BCUT2D eigenvalue weighted by molar-refractivity contribution is 0.135. The summed E-state index contributed by atoms with van der Waals surface area (Å²) in [5.41, 5.74) is 2.87. The van der Waals surface area contributed by atoms with E-state index in [0.717, 1.165) is 53.3 Å². The zero-order chi connectivity index (χ0) is 22.1. The van der Waals surface area contributed by atoms with Crippen molar-refractivity contribution in [1.29, 1.82) is 5.26 Å². The number of nitrogens with one attached hydrogen (secondary N) is 4. The van der Waals surface area contributed by atoms with Crippen LogP contribution in [0.4, 0.5) is 23.3 Å². The number of aromatic nitrogens is 4. The molecule has 0 spiro atoms. The van der Waals surface area contributed by atoms with Gasteiger partial charge in [-0.2, -0.15) is 15.3 Å². The van der Waals surface area contributed by atoms with Gasteiger partial charge in [-0.15, -0.1) is 0 Å². The summed E-state index contributed by atoms with van der Waals surface area (Å²) in [6.45, 7) is 2.86. The third-order valence-electron chi connectivity index (χ3n) is 6.64. The summed E-state index contributed by atoms with van der Waals surface area (Å²) in [6, 6.07) is 11.8. The van der Waals surface area contributed by atoms with Crippen molar-refractivity contribution in [2.24, 2.45) is 0 Å². The second-order valence-corrected chi connectivity index (χ2v) is 8.78. The molecule has 3 atom stereocenters. The molecule has 0 radical (unpaired) electrons. The van der Waals surface area contributed by atoms with Crippen LogP contribution >= 0.6 is 0 Å². The van der Waals surface area contributed by atoms with E-state index in [1.165, 1.54) is 12.8 Å². The fourth-order valence-corrected chi connectivity index (χ4v) is 5.17. The van der Waals surface area contributed by atoms with E-state index in [1.807, 2.05) is 38.2 Å². The van der Waals surface area contributed by atoms with Crippen LogP contribution in [-0.4, -0.2) is 56.8 Å². The predicted molar refractivity (Wildman–Crippen MR) is 126 cm³/mol. The van der Waals surface area contributed by atoms with Crippen molar-refractivity contribution in [3.63, 3.8) is 0 Å². The third kappa shape index (κ3) is 4.06. The van der Waals surface area contributed by atoms with Gasteiger partial charge in [0.25, 0.3) is 0 Å². The molecule has 9 nitrogen and oxygen atoms in total. The smallest absolute Gasteiger partial charge is 0.225 e. The molecule has 4 heterocycles. The molecule has 1 unspecified atom stereocenters. The van der Waals surface area contributed by atoms with Gasteiger partial charge in [0.2, 0.25) is 5.95 Å².